The van der Waals surface area contributed by atoms with E-state index in [1.165, 1.54) is 10.9 Å². The molecule has 2 aliphatic rings. The molecule has 2 fully saturated rings. The Morgan fingerprint density at radius 2 is 1.97 bits per heavy atom. The third-order valence-corrected chi connectivity index (χ3v) is 7.40. The number of nitrogens with one attached hydrogen (secondary N) is 1. The molecule has 0 radical (unpaired) electrons. The largest absolute Gasteiger partial charge is 0.496 e. The molecule has 2 unspecified atom stereocenters. The molecule has 1 aromatic heterocycles. The number of H-pyrrole nitrogens is 1. The fraction of sp³-hybridized carbons (Fsp3) is 0.423. The van der Waals surface area contributed by atoms with Crippen LogP contribution in [0.15, 0.2) is 42.6 Å². The van der Waals surface area contributed by atoms with Gasteiger partial charge in [-0.2, -0.15) is 0 Å². The Hall–Kier alpha value is -2.83. The third kappa shape index (κ3) is 3.78. The van der Waals surface area contributed by atoms with Crippen molar-refractivity contribution in [3.05, 3.63) is 64.8 Å². The number of hydrogen-bond acceptors (Lipinski definition) is 4. The summed E-state index contributed by atoms with van der Waals surface area (Å²) in [5, 5.41) is 20.5. The van der Waals surface area contributed by atoms with Crippen molar-refractivity contribution in [1.29, 1.82) is 0 Å². The molecule has 3 aromatic rings. The van der Waals surface area contributed by atoms with E-state index in [1.54, 1.807) is 19.2 Å². The maximum Gasteiger partial charge on any atom is 0.335 e. The normalized spacial score (nSPS) is 25.7. The highest BCUT2D eigenvalue weighted by molar-refractivity contribution is 5.88. The molecule has 168 valence electrons. The standard InChI is InChI=1S/C26H30N2O4/c1-15-11-24(32-2)21(19-7-9-27-25(15)19)14-28-10-8-18(20-13-23(20)29)12-22(28)16-3-5-17(6-4-16)26(30)31/h3-7,9,11,18,20,22-23,27,29H,8,10,12-14H2,1-2H3,(H,30,31)/t18-,20?,22+,23?/m1/s1. The van der Waals surface area contributed by atoms with Gasteiger partial charge in [0.05, 0.1) is 18.8 Å². The van der Waals surface area contributed by atoms with Crippen LogP contribution in [0.1, 0.15) is 52.4 Å². The molecule has 1 saturated heterocycles. The summed E-state index contributed by atoms with van der Waals surface area (Å²) in [7, 11) is 1.72. The van der Waals surface area contributed by atoms with E-state index in [0.717, 1.165) is 54.7 Å². The summed E-state index contributed by atoms with van der Waals surface area (Å²) >= 11 is 0. The minimum absolute atomic E-state index is 0.154. The second kappa shape index (κ2) is 8.26. The van der Waals surface area contributed by atoms with E-state index in [1.807, 2.05) is 18.3 Å². The van der Waals surface area contributed by atoms with E-state index < -0.39 is 5.97 Å². The van der Waals surface area contributed by atoms with E-state index in [2.05, 4.69) is 28.9 Å². The van der Waals surface area contributed by atoms with E-state index in [0.29, 0.717) is 17.4 Å². The monoisotopic (exact) mass is 434 g/mol. The number of aliphatic hydroxyl groups is 1. The Morgan fingerprint density at radius 1 is 1.22 bits per heavy atom. The topological polar surface area (TPSA) is 85.8 Å². The Kier molecular flexibility index (Phi) is 5.43. The number of carboxylic acid groups (broad SMARTS) is 1. The molecule has 5 rings (SSSR count). The lowest BCUT2D eigenvalue weighted by atomic mass is 9.83. The average molecular weight is 435 g/mol. The van der Waals surface area contributed by atoms with Crippen LogP contribution in [0.3, 0.4) is 0 Å². The van der Waals surface area contributed by atoms with Crippen molar-refractivity contribution in [2.75, 3.05) is 13.7 Å². The summed E-state index contributed by atoms with van der Waals surface area (Å²) < 4.78 is 5.77. The number of methoxy groups -OCH3 is 1. The van der Waals surface area contributed by atoms with Gasteiger partial charge in [0, 0.05) is 35.2 Å². The molecule has 1 aliphatic heterocycles. The van der Waals surface area contributed by atoms with Crippen molar-refractivity contribution in [2.45, 2.75) is 44.9 Å². The summed E-state index contributed by atoms with van der Waals surface area (Å²) in [6.07, 6.45) is 4.77. The van der Waals surface area contributed by atoms with Crippen LogP contribution in [0, 0.1) is 18.8 Å². The maximum atomic E-state index is 11.3. The van der Waals surface area contributed by atoms with Crippen molar-refractivity contribution >= 4 is 16.9 Å². The quantitative estimate of drug-likeness (QED) is 0.531. The number of carboxylic acids is 1. The second-order valence-electron chi connectivity index (χ2n) is 9.31. The number of aliphatic hydroxyl groups excluding tert-OH is 1. The number of ether oxygens (including phenoxy) is 1. The lowest BCUT2D eigenvalue weighted by molar-refractivity contribution is 0.0696. The number of carbonyl (C=O) groups is 1. The summed E-state index contributed by atoms with van der Waals surface area (Å²) in [5.74, 6) is 0.894. The van der Waals surface area contributed by atoms with Crippen molar-refractivity contribution in [2.24, 2.45) is 11.8 Å². The number of benzene rings is 2. The zero-order valence-electron chi connectivity index (χ0n) is 18.5. The lowest BCUT2D eigenvalue weighted by Gasteiger charge is -2.40. The van der Waals surface area contributed by atoms with Gasteiger partial charge in [-0.3, -0.25) is 4.90 Å². The predicted octanol–water partition coefficient (Wildman–Crippen LogP) is 4.52. The average Bonchev–Trinajstić information content (AvgIpc) is 3.31. The molecule has 1 aliphatic carbocycles. The van der Waals surface area contributed by atoms with Crippen LogP contribution < -0.4 is 4.74 Å². The molecular weight excluding hydrogens is 404 g/mol. The molecule has 1 saturated carbocycles. The van der Waals surface area contributed by atoms with Crippen molar-refractivity contribution in [1.82, 2.24) is 9.88 Å². The Labute approximate surface area is 187 Å². The molecule has 6 heteroatoms. The summed E-state index contributed by atoms with van der Waals surface area (Å²) in [6.45, 7) is 3.77. The number of rotatable bonds is 6. The highest BCUT2D eigenvalue weighted by Crippen LogP contribution is 2.47. The van der Waals surface area contributed by atoms with Crippen LogP contribution >= 0.6 is 0 Å². The van der Waals surface area contributed by atoms with Gasteiger partial charge in [-0.05, 0) is 80.0 Å². The molecule has 3 N–H and O–H groups in total. The van der Waals surface area contributed by atoms with Crippen LogP contribution in [0.2, 0.25) is 0 Å². The first-order valence-electron chi connectivity index (χ1n) is 11.3. The van der Waals surface area contributed by atoms with E-state index in [9.17, 15) is 15.0 Å². The highest BCUT2D eigenvalue weighted by Gasteiger charge is 2.45. The molecule has 6 nitrogen and oxygen atoms in total. The minimum Gasteiger partial charge on any atom is -0.496 e. The third-order valence-electron chi connectivity index (χ3n) is 7.40. The number of piperidine rings is 1. The first-order chi connectivity index (χ1) is 15.5. The predicted molar refractivity (Wildman–Crippen MR) is 123 cm³/mol. The van der Waals surface area contributed by atoms with Crippen LogP contribution in [0.25, 0.3) is 10.9 Å². The van der Waals surface area contributed by atoms with Crippen LogP contribution in [0.5, 0.6) is 5.75 Å². The second-order valence-corrected chi connectivity index (χ2v) is 9.31. The maximum absolute atomic E-state index is 11.3. The summed E-state index contributed by atoms with van der Waals surface area (Å²) in [6, 6.07) is 11.7. The van der Waals surface area contributed by atoms with E-state index >= 15 is 0 Å². The molecule has 0 spiro atoms. The first kappa shape index (κ1) is 21.0. The van der Waals surface area contributed by atoms with Crippen LogP contribution in [-0.4, -0.2) is 45.8 Å². The summed E-state index contributed by atoms with van der Waals surface area (Å²) in [4.78, 5) is 17.2. The molecule has 2 heterocycles. The van der Waals surface area contributed by atoms with Crippen LogP contribution in [-0.2, 0) is 6.54 Å². The van der Waals surface area contributed by atoms with Gasteiger partial charge in [-0.15, -0.1) is 0 Å². The Balaban J connectivity index is 1.49. The number of hydrogen-bond donors (Lipinski definition) is 3. The number of aryl methyl sites for hydroxylation is 1. The zero-order valence-corrected chi connectivity index (χ0v) is 18.5. The van der Waals surface area contributed by atoms with Gasteiger partial charge >= 0.3 is 5.97 Å². The van der Waals surface area contributed by atoms with Gasteiger partial charge in [0.25, 0.3) is 0 Å². The molecule has 0 amide bonds. The number of aromatic amines is 1. The van der Waals surface area contributed by atoms with Gasteiger partial charge in [0.1, 0.15) is 5.75 Å². The van der Waals surface area contributed by atoms with E-state index in [4.69, 9.17) is 4.74 Å². The van der Waals surface area contributed by atoms with Gasteiger partial charge in [0.15, 0.2) is 0 Å². The smallest absolute Gasteiger partial charge is 0.335 e. The number of aromatic carboxylic acids is 1. The van der Waals surface area contributed by atoms with Crippen molar-refractivity contribution in [3.63, 3.8) is 0 Å². The van der Waals surface area contributed by atoms with Gasteiger partial charge in [0.2, 0.25) is 0 Å². The molecule has 0 bridgehead atoms. The lowest BCUT2D eigenvalue weighted by Crippen LogP contribution is -2.37. The van der Waals surface area contributed by atoms with Gasteiger partial charge in [-0.25, -0.2) is 4.79 Å². The summed E-state index contributed by atoms with van der Waals surface area (Å²) in [5.41, 5.74) is 4.91. The first-order valence-corrected chi connectivity index (χ1v) is 11.3. The number of aromatic nitrogens is 1. The zero-order chi connectivity index (χ0) is 22.4. The van der Waals surface area contributed by atoms with Gasteiger partial charge < -0.3 is 19.9 Å². The van der Waals surface area contributed by atoms with Crippen LogP contribution in [0.4, 0.5) is 0 Å². The van der Waals surface area contributed by atoms with Gasteiger partial charge in [-0.1, -0.05) is 12.1 Å². The molecule has 4 atom stereocenters. The fourth-order valence-corrected chi connectivity index (χ4v) is 5.51. The highest BCUT2D eigenvalue weighted by atomic mass is 16.5. The Morgan fingerprint density at radius 3 is 2.62 bits per heavy atom. The fourth-order valence-electron chi connectivity index (χ4n) is 5.51. The number of fused-ring (bicyclic) bond motifs is 1. The van der Waals surface area contributed by atoms with Crippen molar-refractivity contribution < 1.29 is 19.7 Å². The number of nitrogens with zero attached hydrogens (tertiary/aromatic N) is 1. The number of likely N-dealkylation sites (tertiary alicyclic amines) is 1. The van der Waals surface area contributed by atoms with E-state index in [-0.39, 0.29) is 12.1 Å². The molecule has 2 aromatic carbocycles. The molecular formula is C26H30N2O4. The Bertz CT molecular complexity index is 1140. The SMILES string of the molecule is COc1cc(C)c2[nH]ccc2c1CN1CC[C@@H](C2CC2O)C[C@H]1c1ccc(C(=O)O)cc1. The van der Waals surface area contributed by atoms with Crippen molar-refractivity contribution in [3.8, 4) is 5.75 Å². The minimum atomic E-state index is -0.907. The molecule has 32 heavy (non-hydrogen) atoms.